The first-order chi connectivity index (χ1) is 3.25. The van der Waals surface area contributed by atoms with Gasteiger partial charge in [0, 0.05) is 0 Å². The molecule has 50 valence electrons. The molecule has 0 aliphatic rings. The average Bonchev–Trinajstić information content (AvgIpc) is 1.25. The van der Waals surface area contributed by atoms with Crippen molar-refractivity contribution < 1.29 is 42.5 Å². The number of rotatable bonds is 0. The van der Waals surface area contributed by atoms with Gasteiger partial charge in [0.2, 0.25) is 0 Å². The van der Waals surface area contributed by atoms with Crippen molar-refractivity contribution in [1.82, 2.24) is 0 Å². The molecule has 0 rings (SSSR count). The summed E-state index contributed by atoms with van der Waals surface area (Å²) in [6.45, 7) is 4.11. The normalized spacial score (nSPS) is 12.4. The molecule has 0 aliphatic carbocycles. The second-order valence-corrected chi connectivity index (χ2v) is 4.70. The maximum Gasteiger partial charge on any atom is 1.00 e. The van der Waals surface area contributed by atoms with Gasteiger partial charge >= 0.3 is 29.6 Å². The Morgan fingerprint density at radius 2 is 1.33 bits per heavy atom. The van der Waals surface area contributed by atoms with Crippen molar-refractivity contribution in [3.8, 4) is 0 Å². The largest absolute Gasteiger partial charge is 1.00 e. The second-order valence-electron chi connectivity index (χ2n) is 2.57. The van der Waals surface area contributed by atoms with E-state index in [-0.39, 0.29) is 29.6 Å². The summed E-state index contributed by atoms with van der Waals surface area (Å²) >= 11 is 0. The summed E-state index contributed by atoms with van der Waals surface area (Å²) in [4.78, 5) is 0. The molecule has 0 radical (unpaired) electrons. The maximum absolute atomic E-state index is 10.1. The molecule has 0 aromatic heterocycles. The molecular weight excluding hydrogens is 151 g/mol. The van der Waals surface area contributed by atoms with Crippen LogP contribution in [0.25, 0.3) is 0 Å². The van der Waals surface area contributed by atoms with Gasteiger partial charge in [0.25, 0.3) is 0 Å². The molecule has 0 heterocycles. The van der Waals surface area contributed by atoms with Crippen molar-refractivity contribution in [3.63, 3.8) is 0 Å². The fourth-order valence-electron chi connectivity index (χ4n) is 0. The van der Waals surface area contributed by atoms with Gasteiger partial charge < -0.3 is 4.55 Å². The molecule has 0 aliphatic heterocycles. The van der Waals surface area contributed by atoms with Gasteiger partial charge in [-0.25, -0.2) is 8.42 Å². The Balaban J connectivity index is 0. The molecule has 0 spiro atoms. The van der Waals surface area contributed by atoms with E-state index < -0.39 is 14.9 Å². The standard InChI is InChI=1S/C4H10O3S.Na/c1-4(2,3)8(5,6)7;/h1-3H3,(H,5,6,7);/q;+1/p-1. The molecule has 0 amide bonds. The van der Waals surface area contributed by atoms with E-state index in [1.54, 1.807) is 0 Å². The van der Waals surface area contributed by atoms with Crippen molar-refractivity contribution in [2.75, 3.05) is 0 Å². The molecule has 0 unspecified atom stereocenters. The zero-order valence-corrected chi connectivity index (χ0v) is 8.95. The SMILES string of the molecule is CC(C)(C)S(=O)(=O)[O-].[Na+]. The minimum Gasteiger partial charge on any atom is -0.748 e. The molecule has 0 fully saturated rings. The zero-order valence-electron chi connectivity index (χ0n) is 6.13. The average molecular weight is 160 g/mol. The Labute approximate surface area is 77.9 Å². The van der Waals surface area contributed by atoms with Crippen LogP contribution >= 0.6 is 0 Å². The van der Waals surface area contributed by atoms with Crippen molar-refractivity contribution in [2.24, 2.45) is 0 Å². The third kappa shape index (κ3) is 4.33. The van der Waals surface area contributed by atoms with E-state index in [1.807, 2.05) is 0 Å². The van der Waals surface area contributed by atoms with Crippen LogP contribution in [0.1, 0.15) is 20.8 Å². The quantitative estimate of drug-likeness (QED) is 0.287. The van der Waals surface area contributed by atoms with Gasteiger partial charge in [0.15, 0.2) is 0 Å². The van der Waals surface area contributed by atoms with Crippen LogP contribution in [0.5, 0.6) is 0 Å². The fourth-order valence-corrected chi connectivity index (χ4v) is 0. The Kier molecular flexibility index (Phi) is 4.67. The summed E-state index contributed by atoms with van der Waals surface area (Å²) < 4.78 is 29.1. The summed E-state index contributed by atoms with van der Waals surface area (Å²) in [6.07, 6.45) is 0. The van der Waals surface area contributed by atoms with Gasteiger partial charge in [-0.15, -0.1) is 0 Å². The van der Waals surface area contributed by atoms with Crippen LogP contribution in [-0.2, 0) is 10.1 Å². The molecule has 0 atom stereocenters. The summed E-state index contributed by atoms with van der Waals surface area (Å²) in [5, 5.41) is 0. The van der Waals surface area contributed by atoms with Crippen molar-refractivity contribution >= 4 is 10.1 Å². The van der Waals surface area contributed by atoms with Crippen LogP contribution in [0, 0.1) is 0 Å². The van der Waals surface area contributed by atoms with Gasteiger partial charge in [0.05, 0.1) is 14.9 Å². The number of hydrogen-bond donors (Lipinski definition) is 0. The van der Waals surface area contributed by atoms with Gasteiger partial charge in [-0.05, 0) is 20.8 Å². The van der Waals surface area contributed by atoms with Crippen LogP contribution in [0.15, 0.2) is 0 Å². The van der Waals surface area contributed by atoms with E-state index in [1.165, 1.54) is 20.8 Å². The van der Waals surface area contributed by atoms with Gasteiger partial charge in [-0.3, -0.25) is 0 Å². The van der Waals surface area contributed by atoms with Crippen LogP contribution in [-0.4, -0.2) is 17.7 Å². The minimum absolute atomic E-state index is 0. The predicted molar refractivity (Wildman–Crippen MR) is 29.5 cm³/mol. The monoisotopic (exact) mass is 160 g/mol. The van der Waals surface area contributed by atoms with Crippen molar-refractivity contribution in [2.45, 2.75) is 25.5 Å². The van der Waals surface area contributed by atoms with Crippen molar-refractivity contribution in [1.29, 1.82) is 0 Å². The molecule has 0 saturated carbocycles. The molecular formula is C4H9NaO3S. The van der Waals surface area contributed by atoms with E-state index in [0.29, 0.717) is 0 Å². The van der Waals surface area contributed by atoms with E-state index in [0.717, 1.165) is 0 Å². The molecule has 0 aromatic carbocycles. The second kappa shape index (κ2) is 3.34. The van der Waals surface area contributed by atoms with Crippen LogP contribution < -0.4 is 29.6 Å². The number of hydrogen-bond acceptors (Lipinski definition) is 3. The van der Waals surface area contributed by atoms with Gasteiger partial charge in [-0.2, -0.15) is 0 Å². The van der Waals surface area contributed by atoms with Crippen LogP contribution in [0.2, 0.25) is 0 Å². The van der Waals surface area contributed by atoms with E-state index in [4.69, 9.17) is 0 Å². The Morgan fingerprint density at radius 1 is 1.22 bits per heavy atom. The Morgan fingerprint density at radius 3 is 1.33 bits per heavy atom. The van der Waals surface area contributed by atoms with E-state index >= 15 is 0 Å². The van der Waals surface area contributed by atoms with Crippen LogP contribution in [0.4, 0.5) is 0 Å². The summed E-state index contributed by atoms with van der Waals surface area (Å²) in [6, 6.07) is 0. The Bertz CT molecular complexity index is 165. The first-order valence-electron chi connectivity index (χ1n) is 2.20. The van der Waals surface area contributed by atoms with E-state index in [9.17, 15) is 13.0 Å². The first kappa shape index (κ1) is 12.6. The molecule has 9 heavy (non-hydrogen) atoms. The topological polar surface area (TPSA) is 57.2 Å². The molecule has 0 N–H and O–H groups in total. The smallest absolute Gasteiger partial charge is 0.748 e. The van der Waals surface area contributed by atoms with Gasteiger partial charge in [0.1, 0.15) is 0 Å². The Hall–Kier alpha value is 0.910. The third-order valence-corrected chi connectivity index (χ3v) is 2.25. The molecule has 0 aromatic rings. The third-order valence-electron chi connectivity index (χ3n) is 0.750. The molecule has 0 bridgehead atoms. The fraction of sp³-hybridized carbons (Fsp3) is 1.00. The van der Waals surface area contributed by atoms with Crippen molar-refractivity contribution in [3.05, 3.63) is 0 Å². The van der Waals surface area contributed by atoms with Gasteiger partial charge in [-0.1, -0.05) is 0 Å². The molecule has 3 nitrogen and oxygen atoms in total. The van der Waals surface area contributed by atoms with E-state index in [2.05, 4.69) is 0 Å². The molecule has 5 heteroatoms. The summed E-state index contributed by atoms with van der Waals surface area (Å²) in [5.41, 5.74) is 0. The first-order valence-corrected chi connectivity index (χ1v) is 3.61. The summed E-state index contributed by atoms with van der Waals surface area (Å²) in [5.74, 6) is 0. The molecule has 0 saturated heterocycles. The predicted octanol–water partition coefficient (Wildman–Crippen LogP) is -2.67. The maximum atomic E-state index is 10.1. The van der Waals surface area contributed by atoms with Crippen LogP contribution in [0.3, 0.4) is 0 Å². The summed E-state index contributed by atoms with van der Waals surface area (Å²) in [7, 11) is -4.09. The minimum atomic E-state index is -4.09. The zero-order chi connectivity index (χ0) is 7.00.